The zero-order valence-corrected chi connectivity index (χ0v) is 9.26. The molecule has 0 radical (unpaired) electrons. The molecule has 84 valence electrons. The molecule has 0 atom stereocenters. The van der Waals surface area contributed by atoms with Crippen molar-refractivity contribution in [3.63, 3.8) is 0 Å². The summed E-state index contributed by atoms with van der Waals surface area (Å²) in [5.74, 6) is -0.314. The summed E-state index contributed by atoms with van der Waals surface area (Å²) in [6.45, 7) is 1.23. The molecular weight excluding hydrogens is 229 g/mol. The second kappa shape index (κ2) is 5.09. The monoisotopic (exact) mass is 239 g/mol. The molecule has 3 nitrogen and oxygen atoms in total. The Morgan fingerprint density at radius 1 is 1.31 bits per heavy atom. The lowest BCUT2D eigenvalue weighted by Gasteiger charge is -2.04. The van der Waals surface area contributed by atoms with Crippen LogP contribution in [0, 0.1) is 5.82 Å². The average molecular weight is 240 g/mol. The molecule has 0 unspecified atom stereocenters. The predicted molar refractivity (Wildman–Crippen MR) is 60.5 cm³/mol. The van der Waals surface area contributed by atoms with Gasteiger partial charge in [-0.2, -0.15) is 0 Å². The van der Waals surface area contributed by atoms with Crippen LogP contribution >= 0.6 is 11.6 Å². The maximum Gasteiger partial charge on any atom is 0.125 e. The van der Waals surface area contributed by atoms with Gasteiger partial charge in [-0.1, -0.05) is 11.6 Å². The molecule has 2 rings (SSSR count). The fraction of sp³-hybridized carbons (Fsp3) is 0.182. The van der Waals surface area contributed by atoms with Crippen molar-refractivity contribution >= 4 is 11.6 Å². The Kier molecular flexibility index (Phi) is 3.54. The Labute approximate surface area is 97.7 Å². The summed E-state index contributed by atoms with van der Waals surface area (Å²) in [4.78, 5) is 6.87. The van der Waals surface area contributed by atoms with Gasteiger partial charge in [-0.05, 0) is 23.8 Å². The summed E-state index contributed by atoms with van der Waals surface area (Å²) < 4.78 is 13.0. The zero-order chi connectivity index (χ0) is 11.4. The van der Waals surface area contributed by atoms with Crippen LogP contribution in [0.25, 0.3) is 0 Å². The SMILES string of the molecule is Fc1cc(Cl)cc(CNCc2cnc[nH]2)c1. The number of benzene rings is 1. The van der Waals surface area contributed by atoms with E-state index in [-0.39, 0.29) is 5.82 Å². The molecular formula is C11H11ClFN3. The van der Waals surface area contributed by atoms with Gasteiger partial charge in [0.05, 0.1) is 6.33 Å². The standard InChI is InChI=1S/C11H11ClFN3/c12-9-1-8(2-10(13)3-9)4-14-5-11-6-15-7-16-11/h1-3,6-7,14H,4-5H2,(H,15,16). The number of imidazole rings is 1. The first kappa shape index (κ1) is 11.1. The van der Waals surface area contributed by atoms with Crippen LogP contribution in [0.15, 0.2) is 30.7 Å². The third-order valence-corrected chi connectivity index (χ3v) is 2.34. The largest absolute Gasteiger partial charge is 0.347 e. The van der Waals surface area contributed by atoms with Gasteiger partial charge in [0.15, 0.2) is 0 Å². The Balaban J connectivity index is 1.89. The number of hydrogen-bond donors (Lipinski definition) is 2. The third-order valence-electron chi connectivity index (χ3n) is 2.12. The van der Waals surface area contributed by atoms with Gasteiger partial charge in [0.1, 0.15) is 5.82 Å². The molecule has 2 aromatic rings. The van der Waals surface area contributed by atoms with E-state index in [9.17, 15) is 4.39 Å². The fourth-order valence-electron chi connectivity index (χ4n) is 1.44. The molecule has 0 aliphatic carbocycles. The third kappa shape index (κ3) is 3.05. The molecule has 5 heteroatoms. The second-order valence-electron chi connectivity index (χ2n) is 3.46. The Bertz CT molecular complexity index is 436. The minimum Gasteiger partial charge on any atom is -0.347 e. The lowest BCUT2D eigenvalue weighted by molar-refractivity contribution is 0.619. The van der Waals surface area contributed by atoms with Crippen molar-refractivity contribution in [3.8, 4) is 0 Å². The number of aromatic amines is 1. The Morgan fingerprint density at radius 2 is 2.19 bits per heavy atom. The molecule has 0 aliphatic heterocycles. The molecule has 1 aromatic carbocycles. The average Bonchev–Trinajstić information content (AvgIpc) is 2.69. The van der Waals surface area contributed by atoms with Crippen LogP contribution in [0.5, 0.6) is 0 Å². The highest BCUT2D eigenvalue weighted by Crippen LogP contribution is 2.13. The highest BCUT2D eigenvalue weighted by atomic mass is 35.5. The molecule has 1 aromatic heterocycles. The van der Waals surface area contributed by atoms with Crippen LogP contribution in [-0.2, 0) is 13.1 Å². The highest BCUT2D eigenvalue weighted by molar-refractivity contribution is 6.30. The molecule has 1 heterocycles. The van der Waals surface area contributed by atoms with Crippen LogP contribution in [-0.4, -0.2) is 9.97 Å². The van der Waals surface area contributed by atoms with Crippen LogP contribution in [0.3, 0.4) is 0 Å². The molecule has 16 heavy (non-hydrogen) atoms. The summed E-state index contributed by atoms with van der Waals surface area (Å²) >= 11 is 5.74. The van der Waals surface area contributed by atoms with Crippen molar-refractivity contribution in [3.05, 3.63) is 52.8 Å². The summed E-state index contributed by atoms with van der Waals surface area (Å²) in [6, 6.07) is 4.50. The van der Waals surface area contributed by atoms with E-state index in [0.717, 1.165) is 11.3 Å². The molecule has 0 saturated heterocycles. The van der Waals surface area contributed by atoms with E-state index in [4.69, 9.17) is 11.6 Å². The van der Waals surface area contributed by atoms with Crippen molar-refractivity contribution in [2.24, 2.45) is 0 Å². The number of nitrogens with one attached hydrogen (secondary N) is 2. The van der Waals surface area contributed by atoms with Crippen molar-refractivity contribution in [1.82, 2.24) is 15.3 Å². The number of rotatable bonds is 4. The normalized spacial score (nSPS) is 10.6. The summed E-state index contributed by atoms with van der Waals surface area (Å²) in [6.07, 6.45) is 3.36. The lowest BCUT2D eigenvalue weighted by atomic mass is 10.2. The van der Waals surface area contributed by atoms with Crippen molar-refractivity contribution in [2.75, 3.05) is 0 Å². The quantitative estimate of drug-likeness (QED) is 0.861. The van der Waals surface area contributed by atoms with Crippen molar-refractivity contribution < 1.29 is 4.39 Å². The van der Waals surface area contributed by atoms with E-state index in [0.29, 0.717) is 18.1 Å². The van der Waals surface area contributed by atoms with Gasteiger partial charge in [-0.25, -0.2) is 9.37 Å². The van der Waals surface area contributed by atoms with E-state index < -0.39 is 0 Å². The number of nitrogens with zero attached hydrogens (tertiary/aromatic N) is 1. The smallest absolute Gasteiger partial charge is 0.125 e. The highest BCUT2D eigenvalue weighted by Gasteiger charge is 1.99. The molecule has 0 bridgehead atoms. The Hall–Kier alpha value is -1.39. The van der Waals surface area contributed by atoms with E-state index in [1.54, 1.807) is 18.6 Å². The summed E-state index contributed by atoms with van der Waals surface area (Å²) in [7, 11) is 0. The van der Waals surface area contributed by atoms with Gasteiger partial charge in [0.25, 0.3) is 0 Å². The number of aromatic nitrogens is 2. The van der Waals surface area contributed by atoms with Gasteiger partial charge >= 0.3 is 0 Å². The molecule has 0 spiro atoms. The summed E-state index contributed by atoms with van der Waals surface area (Å²) in [5.41, 5.74) is 1.81. The van der Waals surface area contributed by atoms with Crippen LogP contribution in [0.1, 0.15) is 11.3 Å². The first-order chi connectivity index (χ1) is 7.74. The topological polar surface area (TPSA) is 40.7 Å². The van der Waals surface area contributed by atoms with E-state index in [1.165, 1.54) is 12.1 Å². The maximum absolute atomic E-state index is 13.0. The van der Waals surface area contributed by atoms with Gasteiger partial charge in [0, 0.05) is 30.0 Å². The molecule has 0 saturated carbocycles. The van der Waals surface area contributed by atoms with E-state index in [2.05, 4.69) is 15.3 Å². The van der Waals surface area contributed by atoms with Crippen molar-refractivity contribution in [2.45, 2.75) is 13.1 Å². The second-order valence-corrected chi connectivity index (χ2v) is 3.89. The zero-order valence-electron chi connectivity index (χ0n) is 8.50. The number of halogens is 2. The van der Waals surface area contributed by atoms with E-state index >= 15 is 0 Å². The van der Waals surface area contributed by atoms with Crippen LogP contribution < -0.4 is 5.32 Å². The summed E-state index contributed by atoms with van der Waals surface area (Å²) in [5, 5.41) is 3.58. The fourth-order valence-corrected chi connectivity index (χ4v) is 1.68. The van der Waals surface area contributed by atoms with Crippen molar-refractivity contribution in [1.29, 1.82) is 0 Å². The maximum atomic E-state index is 13.0. The van der Waals surface area contributed by atoms with Gasteiger partial charge in [-0.3, -0.25) is 0 Å². The molecule has 0 aliphatic rings. The van der Waals surface area contributed by atoms with Gasteiger partial charge < -0.3 is 10.3 Å². The van der Waals surface area contributed by atoms with Gasteiger partial charge in [-0.15, -0.1) is 0 Å². The Morgan fingerprint density at radius 3 is 2.88 bits per heavy atom. The lowest BCUT2D eigenvalue weighted by Crippen LogP contribution is -2.13. The number of H-pyrrole nitrogens is 1. The van der Waals surface area contributed by atoms with Gasteiger partial charge in [0.2, 0.25) is 0 Å². The minimum absolute atomic E-state index is 0.314. The predicted octanol–water partition coefficient (Wildman–Crippen LogP) is 2.49. The van der Waals surface area contributed by atoms with E-state index in [1.807, 2.05) is 0 Å². The molecule has 0 fully saturated rings. The van der Waals surface area contributed by atoms with Crippen LogP contribution in [0.2, 0.25) is 5.02 Å². The molecule has 0 amide bonds. The molecule has 2 N–H and O–H groups in total. The minimum atomic E-state index is -0.314. The first-order valence-electron chi connectivity index (χ1n) is 4.87. The first-order valence-corrected chi connectivity index (χ1v) is 5.25. The number of hydrogen-bond acceptors (Lipinski definition) is 2. The van der Waals surface area contributed by atoms with Crippen LogP contribution in [0.4, 0.5) is 4.39 Å².